The van der Waals surface area contributed by atoms with Crippen LogP contribution in [-0.2, 0) is 17.1 Å². The molecule has 0 aliphatic carbocycles. The third-order valence-electron chi connectivity index (χ3n) is 5.92. The van der Waals surface area contributed by atoms with Crippen molar-refractivity contribution in [1.82, 2.24) is 9.80 Å². The van der Waals surface area contributed by atoms with Crippen LogP contribution >= 0.6 is 11.8 Å². The molecule has 0 bridgehead atoms. The molecular weight excluding hydrogens is 397 g/mol. The Hall–Kier alpha value is -1.89. The lowest BCUT2D eigenvalue weighted by Crippen LogP contribution is -2.45. The molecule has 1 fully saturated rings. The van der Waals surface area contributed by atoms with Crippen molar-refractivity contribution in [2.75, 3.05) is 33.3 Å². The summed E-state index contributed by atoms with van der Waals surface area (Å²) in [4.78, 5) is 9.82. The highest BCUT2D eigenvalue weighted by Crippen LogP contribution is 2.32. The van der Waals surface area contributed by atoms with E-state index in [-0.39, 0.29) is 5.82 Å². The normalized spacial score (nSPS) is 17.5. The summed E-state index contributed by atoms with van der Waals surface area (Å²) >= 11 is 1.85. The van der Waals surface area contributed by atoms with Gasteiger partial charge in [0, 0.05) is 45.1 Å². The molecule has 160 valence electrons. The summed E-state index contributed by atoms with van der Waals surface area (Å²) in [6.45, 7) is 4.62. The highest BCUT2D eigenvalue weighted by molar-refractivity contribution is 8.13. The molecule has 0 aromatic heterocycles. The van der Waals surface area contributed by atoms with Gasteiger partial charge in [-0.2, -0.15) is 0 Å². The summed E-state index contributed by atoms with van der Waals surface area (Å²) < 4.78 is 18.7. The Morgan fingerprint density at radius 1 is 1.13 bits per heavy atom. The number of ether oxygens (including phenoxy) is 1. The van der Waals surface area contributed by atoms with Gasteiger partial charge >= 0.3 is 0 Å². The molecule has 0 spiro atoms. The number of hydrogen-bond donors (Lipinski definition) is 0. The summed E-state index contributed by atoms with van der Waals surface area (Å²) in [5.74, 6) is 0.808. The Kier molecular flexibility index (Phi) is 7.42. The first-order chi connectivity index (χ1) is 14.7. The molecule has 0 radical (unpaired) electrons. The highest BCUT2D eigenvalue weighted by atomic mass is 32.2. The summed E-state index contributed by atoms with van der Waals surface area (Å²) in [5, 5.41) is 1.15. The molecule has 1 saturated heterocycles. The predicted molar refractivity (Wildman–Crippen MR) is 123 cm³/mol. The van der Waals surface area contributed by atoms with E-state index in [9.17, 15) is 4.39 Å². The number of para-hydroxylation sites is 1. The number of piperidine rings is 1. The summed E-state index contributed by atoms with van der Waals surface area (Å²) in [6, 6.07) is 15.5. The van der Waals surface area contributed by atoms with E-state index in [1.807, 2.05) is 11.8 Å². The van der Waals surface area contributed by atoms with Crippen LogP contribution < -0.4 is 0 Å². The van der Waals surface area contributed by atoms with Gasteiger partial charge in [-0.1, -0.05) is 42.1 Å². The van der Waals surface area contributed by atoms with E-state index in [0.29, 0.717) is 12.6 Å². The van der Waals surface area contributed by atoms with Gasteiger partial charge in [0.1, 0.15) is 5.82 Å². The molecule has 6 heteroatoms. The Morgan fingerprint density at radius 2 is 1.90 bits per heavy atom. The van der Waals surface area contributed by atoms with Crippen molar-refractivity contribution in [2.45, 2.75) is 37.7 Å². The number of halogens is 1. The van der Waals surface area contributed by atoms with Crippen LogP contribution in [0.15, 0.2) is 53.5 Å². The van der Waals surface area contributed by atoms with Crippen molar-refractivity contribution >= 4 is 22.6 Å². The molecule has 2 aromatic carbocycles. The summed E-state index contributed by atoms with van der Waals surface area (Å²) in [5.41, 5.74) is 3.47. The number of nitrogens with zero attached hydrogens (tertiary/aromatic N) is 3. The van der Waals surface area contributed by atoms with Gasteiger partial charge in [0.2, 0.25) is 0 Å². The lowest BCUT2D eigenvalue weighted by molar-refractivity contribution is 0.0996. The van der Waals surface area contributed by atoms with Crippen LogP contribution in [0.2, 0.25) is 0 Å². The molecule has 30 heavy (non-hydrogen) atoms. The monoisotopic (exact) mass is 427 g/mol. The van der Waals surface area contributed by atoms with E-state index in [1.165, 1.54) is 30.5 Å². The number of amidine groups is 1. The highest BCUT2D eigenvalue weighted by Gasteiger charge is 2.26. The minimum atomic E-state index is -0.202. The molecule has 2 aliphatic heterocycles. The third kappa shape index (κ3) is 5.62. The maximum absolute atomic E-state index is 12.9. The van der Waals surface area contributed by atoms with Crippen LogP contribution in [0.3, 0.4) is 0 Å². The largest absolute Gasteiger partial charge is 0.377 e. The van der Waals surface area contributed by atoms with Crippen LogP contribution in [0.1, 0.15) is 30.4 Å². The van der Waals surface area contributed by atoms with Gasteiger partial charge in [-0.05, 0) is 48.6 Å². The molecule has 4 rings (SSSR count). The van der Waals surface area contributed by atoms with Crippen molar-refractivity contribution in [2.24, 2.45) is 4.99 Å². The Bertz CT molecular complexity index is 850. The second kappa shape index (κ2) is 10.4. The van der Waals surface area contributed by atoms with Crippen molar-refractivity contribution in [3.05, 3.63) is 65.5 Å². The zero-order valence-electron chi connectivity index (χ0n) is 17.6. The van der Waals surface area contributed by atoms with Crippen molar-refractivity contribution in [3.63, 3.8) is 0 Å². The summed E-state index contributed by atoms with van der Waals surface area (Å²) in [7, 11) is 2.20. The van der Waals surface area contributed by atoms with E-state index in [2.05, 4.69) is 41.1 Å². The second-order valence-corrected chi connectivity index (χ2v) is 8.97. The number of likely N-dealkylation sites (tertiary alicyclic amines) is 1. The number of hydrogen-bond acceptors (Lipinski definition) is 5. The zero-order chi connectivity index (χ0) is 20.8. The first-order valence-electron chi connectivity index (χ1n) is 10.8. The van der Waals surface area contributed by atoms with Crippen LogP contribution in [0.4, 0.5) is 10.1 Å². The lowest BCUT2D eigenvalue weighted by Gasteiger charge is -2.38. The lowest BCUT2D eigenvalue weighted by atomic mass is 10.0. The van der Waals surface area contributed by atoms with E-state index in [0.717, 1.165) is 54.8 Å². The number of fused-ring (bicyclic) bond motifs is 1. The first kappa shape index (κ1) is 21.3. The molecule has 0 atom stereocenters. The number of aliphatic imine (C=N–C) groups is 1. The summed E-state index contributed by atoms with van der Waals surface area (Å²) in [6.07, 6.45) is 3.38. The van der Waals surface area contributed by atoms with E-state index in [1.54, 1.807) is 12.1 Å². The minimum absolute atomic E-state index is 0.202. The van der Waals surface area contributed by atoms with Crippen LogP contribution in [0.5, 0.6) is 0 Å². The first-order valence-corrected chi connectivity index (χ1v) is 11.7. The topological polar surface area (TPSA) is 28.1 Å². The molecule has 2 heterocycles. The van der Waals surface area contributed by atoms with E-state index in [4.69, 9.17) is 9.73 Å². The maximum Gasteiger partial charge on any atom is 0.164 e. The van der Waals surface area contributed by atoms with Gasteiger partial charge in [-0.25, -0.2) is 9.38 Å². The van der Waals surface area contributed by atoms with E-state index >= 15 is 0 Å². The third-order valence-corrected chi connectivity index (χ3v) is 7.01. The van der Waals surface area contributed by atoms with Gasteiger partial charge in [0.05, 0.1) is 12.3 Å². The van der Waals surface area contributed by atoms with Crippen molar-refractivity contribution in [1.29, 1.82) is 0 Å². The van der Waals surface area contributed by atoms with Gasteiger partial charge in [0.25, 0.3) is 0 Å². The van der Waals surface area contributed by atoms with E-state index < -0.39 is 0 Å². The number of thioether (sulfide) groups is 1. The van der Waals surface area contributed by atoms with Crippen molar-refractivity contribution in [3.8, 4) is 0 Å². The minimum Gasteiger partial charge on any atom is -0.377 e. The molecule has 2 aliphatic rings. The second-order valence-electron chi connectivity index (χ2n) is 8.03. The molecule has 0 unspecified atom stereocenters. The molecule has 0 N–H and O–H groups in total. The SMILES string of the molecule is CN(C1=Nc2ccccc2CS1)C1CCN(CCCOCc2ccc(F)cc2)CC1. The molecule has 4 nitrogen and oxygen atoms in total. The van der Waals surface area contributed by atoms with Gasteiger partial charge in [-0.15, -0.1) is 0 Å². The van der Waals surface area contributed by atoms with Crippen molar-refractivity contribution < 1.29 is 9.13 Å². The maximum atomic E-state index is 12.9. The van der Waals surface area contributed by atoms with Crippen LogP contribution in [0, 0.1) is 5.82 Å². The number of benzene rings is 2. The average Bonchev–Trinajstić information content (AvgIpc) is 2.80. The Labute approximate surface area is 183 Å². The van der Waals surface area contributed by atoms with Gasteiger partial charge in [-0.3, -0.25) is 0 Å². The van der Waals surface area contributed by atoms with Crippen LogP contribution in [-0.4, -0.2) is 54.3 Å². The van der Waals surface area contributed by atoms with Crippen LogP contribution in [0.25, 0.3) is 0 Å². The standard InChI is InChI=1S/C24H30FN3OS/c1-27(24-26-23-6-3-2-5-20(23)18-30-24)22-11-14-28(15-12-22)13-4-16-29-17-19-7-9-21(25)10-8-19/h2-3,5-10,22H,4,11-18H2,1H3. The number of rotatable bonds is 7. The fraction of sp³-hybridized carbons (Fsp3) is 0.458. The fourth-order valence-electron chi connectivity index (χ4n) is 4.05. The van der Waals surface area contributed by atoms with Gasteiger partial charge < -0.3 is 14.5 Å². The van der Waals surface area contributed by atoms with Gasteiger partial charge in [0.15, 0.2) is 5.17 Å². The molecular formula is C24H30FN3OS. The fourth-order valence-corrected chi connectivity index (χ4v) is 5.09. The predicted octanol–water partition coefficient (Wildman–Crippen LogP) is 5.06. The zero-order valence-corrected chi connectivity index (χ0v) is 18.4. The molecule has 0 amide bonds. The Balaban J connectivity index is 1.15. The smallest absolute Gasteiger partial charge is 0.164 e. The molecule has 2 aromatic rings. The molecule has 0 saturated carbocycles. The quantitative estimate of drug-likeness (QED) is 0.577. The average molecular weight is 428 g/mol. The Morgan fingerprint density at radius 3 is 2.70 bits per heavy atom.